The second kappa shape index (κ2) is 3.96. The number of anilines is 1. The van der Waals surface area contributed by atoms with E-state index in [4.69, 9.17) is 11.1 Å². The smallest absolute Gasteiger partial charge is 0.155 e. The Balaban J connectivity index is 2.57. The minimum absolute atomic E-state index is 0.265. The fourth-order valence-corrected chi connectivity index (χ4v) is 2.07. The standard InChI is InChI=1S/C12H16N4/c1-3-16(4-2)9-7-5-6-8-10(9)12(14)15-11(8)13/h5-7H,3-4H2,1-2H3,(H3,13,14,15). The van der Waals surface area contributed by atoms with E-state index in [1.165, 1.54) is 0 Å². The van der Waals surface area contributed by atoms with Gasteiger partial charge in [0, 0.05) is 24.3 Å². The normalized spacial score (nSPS) is 13.6. The van der Waals surface area contributed by atoms with Crippen LogP contribution in [-0.2, 0) is 0 Å². The SMILES string of the molecule is CCN(CC)c1cccc2c1C(N)=NC2=N. The Kier molecular flexibility index (Phi) is 2.64. The first-order valence-corrected chi connectivity index (χ1v) is 5.50. The Morgan fingerprint density at radius 2 is 2.00 bits per heavy atom. The largest absolute Gasteiger partial charge is 0.383 e. The second-order valence-electron chi connectivity index (χ2n) is 3.72. The van der Waals surface area contributed by atoms with Crippen LogP contribution < -0.4 is 10.6 Å². The molecule has 0 atom stereocenters. The third-order valence-electron chi connectivity index (χ3n) is 2.89. The van der Waals surface area contributed by atoms with Crippen molar-refractivity contribution in [2.24, 2.45) is 10.7 Å². The minimum atomic E-state index is 0.265. The fourth-order valence-electron chi connectivity index (χ4n) is 2.07. The molecule has 0 aromatic heterocycles. The molecule has 3 N–H and O–H groups in total. The van der Waals surface area contributed by atoms with Crippen molar-refractivity contribution in [2.45, 2.75) is 13.8 Å². The first-order valence-electron chi connectivity index (χ1n) is 5.50. The van der Waals surface area contributed by atoms with Gasteiger partial charge < -0.3 is 10.6 Å². The van der Waals surface area contributed by atoms with Crippen molar-refractivity contribution in [1.29, 1.82) is 5.41 Å². The van der Waals surface area contributed by atoms with Crippen molar-refractivity contribution in [3.63, 3.8) is 0 Å². The molecule has 0 saturated carbocycles. The maximum Gasteiger partial charge on any atom is 0.155 e. The molecule has 0 bridgehead atoms. The van der Waals surface area contributed by atoms with Gasteiger partial charge in [-0.3, -0.25) is 5.41 Å². The number of nitrogens with one attached hydrogen (secondary N) is 1. The van der Waals surface area contributed by atoms with E-state index in [1.54, 1.807) is 0 Å². The van der Waals surface area contributed by atoms with Crippen molar-refractivity contribution >= 4 is 17.4 Å². The van der Waals surface area contributed by atoms with Gasteiger partial charge in [-0.15, -0.1) is 0 Å². The number of hydrogen-bond acceptors (Lipinski definition) is 3. The third-order valence-corrected chi connectivity index (χ3v) is 2.89. The quantitative estimate of drug-likeness (QED) is 0.805. The van der Waals surface area contributed by atoms with Gasteiger partial charge in [0.05, 0.1) is 5.56 Å². The summed E-state index contributed by atoms with van der Waals surface area (Å²) in [6.07, 6.45) is 0. The molecule has 1 aromatic rings. The summed E-state index contributed by atoms with van der Waals surface area (Å²) in [5.41, 5.74) is 8.69. The average molecular weight is 216 g/mol. The molecule has 0 fully saturated rings. The first kappa shape index (κ1) is 10.7. The predicted molar refractivity (Wildman–Crippen MR) is 67.6 cm³/mol. The monoisotopic (exact) mass is 216 g/mol. The third kappa shape index (κ3) is 1.46. The van der Waals surface area contributed by atoms with Gasteiger partial charge in [0.1, 0.15) is 5.84 Å². The number of nitrogens with zero attached hydrogens (tertiary/aromatic N) is 2. The summed E-state index contributed by atoms with van der Waals surface area (Å²) in [6.45, 7) is 6.06. The van der Waals surface area contributed by atoms with Crippen molar-refractivity contribution in [3.05, 3.63) is 29.3 Å². The van der Waals surface area contributed by atoms with E-state index in [0.717, 1.165) is 29.9 Å². The van der Waals surface area contributed by atoms with Gasteiger partial charge in [-0.1, -0.05) is 12.1 Å². The van der Waals surface area contributed by atoms with Gasteiger partial charge in [0.15, 0.2) is 5.84 Å². The molecule has 16 heavy (non-hydrogen) atoms. The Bertz CT molecular complexity index is 458. The Morgan fingerprint density at radius 1 is 1.31 bits per heavy atom. The molecule has 0 amide bonds. The van der Waals surface area contributed by atoms with E-state index >= 15 is 0 Å². The van der Waals surface area contributed by atoms with Gasteiger partial charge in [0.2, 0.25) is 0 Å². The van der Waals surface area contributed by atoms with Crippen molar-refractivity contribution in [3.8, 4) is 0 Å². The summed E-state index contributed by atoms with van der Waals surface area (Å²) in [7, 11) is 0. The Labute approximate surface area is 95.3 Å². The summed E-state index contributed by atoms with van der Waals surface area (Å²) in [5.74, 6) is 0.726. The number of hydrogen-bond donors (Lipinski definition) is 2. The lowest BCUT2D eigenvalue weighted by Gasteiger charge is -2.23. The molecule has 1 heterocycles. The van der Waals surface area contributed by atoms with Gasteiger partial charge in [0.25, 0.3) is 0 Å². The highest BCUT2D eigenvalue weighted by Crippen LogP contribution is 2.27. The number of fused-ring (bicyclic) bond motifs is 1. The zero-order valence-corrected chi connectivity index (χ0v) is 9.62. The van der Waals surface area contributed by atoms with Crippen LogP contribution >= 0.6 is 0 Å². The molecule has 4 heteroatoms. The molecule has 4 nitrogen and oxygen atoms in total. The van der Waals surface area contributed by atoms with Gasteiger partial charge in [-0.25, -0.2) is 4.99 Å². The van der Waals surface area contributed by atoms with E-state index in [9.17, 15) is 0 Å². The number of rotatable bonds is 3. The van der Waals surface area contributed by atoms with Crippen LogP contribution in [-0.4, -0.2) is 24.8 Å². The predicted octanol–water partition coefficient (Wildman–Crippen LogP) is 1.58. The molecule has 1 aliphatic rings. The van der Waals surface area contributed by atoms with Crippen LogP contribution in [0.25, 0.3) is 0 Å². The summed E-state index contributed by atoms with van der Waals surface area (Å²) < 4.78 is 0. The van der Waals surface area contributed by atoms with Crippen LogP contribution in [0.15, 0.2) is 23.2 Å². The molecule has 1 aliphatic heterocycles. The zero-order valence-electron chi connectivity index (χ0n) is 9.62. The van der Waals surface area contributed by atoms with Crippen LogP contribution in [0.1, 0.15) is 25.0 Å². The lowest BCUT2D eigenvalue weighted by atomic mass is 10.1. The highest BCUT2D eigenvalue weighted by Gasteiger charge is 2.23. The van der Waals surface area contributed by atoms with Gasteiger partial charge in [-0.05, 0) is 19.9 Å². The second-order valence-corrected chi connectivity index (χ2v) is 3.72. The van der Waals surface area contributed by atoms with Crippen LogP contribution in [0.3, 0.4) is 0 Å². The summed E-state index contributed by atoms with van der Waals surface area (Å²) in [4.78, 5) is 6.24. The first-order chi connectivity index (χ1) is 7.69. The van der Waals surface area contributed by atoms with E-state index in [2.05, 4.69) is 23.7 Å². The Hall–Kier alpha value is -1.84. The van der Waals surface area contributed by atoms with E-state index in [1.807, 2.05) is 18.2 Å². The topological polar surface area (TPSA) is 65.5 Å². The van der Waals surface area contributed by atoms with Gasteiger partial charge in [-0.2, -0.15) is 0 Å². The molecule has 0 spiro atoms. The van der Waals surface area contributed by atoms with Crippen LogP contribution in [0.5, 0.6) is 0 Å². The molecular weight excluding hydrogens is 200 g/mol. The molecule has 0 unspecified atom stereocenters. The lowest BCUT2D eigenvalue weighted by molar-refractivity contribution is 0.865. The summed E-state index contributed by atoms with van der Waals surface area (Å²) in [6, 6.07) is 5.88. The van der Waals surface area contributed by atoms with Crippen LogP contribution in [0.2, 0.25) is 0 Å². The van der Waals surface area contributed by atoms with Crippen molar-refractivity contribution in [2.75, 3.05) is 18.0 Å². The Morgan fingerprint density at radius 3 is 2.62 bits per heavy atom. The molecule has 84 valence electrons. The number of amidine groups is 2. The molecular formula is C12H16N4. The number of benzene rings is 1. The fraction of sp³-hybridized carbons (Fsp3) is 0.333. The van der Waals surface area contributed by atoms with E-state index in [0.29, 0.717) is 5.84 Å². The minimum Gasteiger partial charge on any atom is -0.383 e. The lowest BCUT2D eigenvalue weighted by Crippen LogP contribution is -2.25. The highest BCUT2D eigenvalue weighted by atomic mass is 15.1. The molecule has 1 aromatic carbocycles. The van der Waals surface area contributed by atoms with Crippen molar-refractivity contribution < 1.29 is 0 Å². The van der Waals surface area contributed by atoms with E-state index in [-0.39, 0.29) is 5.84 Å². The molecule has 0 saturated heterocycles. The highest BCUT2D eigenvalue weighted by molar-refractivity contribution is 6.23. The average Bonchev–Trinajstić information content (AvgIpc) is 2.57. The van der Waals surface area contributed by atoms with E-state index < -0.39 is 0 Å². The molecule has 0 radical (unpaired) electrons. The molecule has 2 rings (SSSR count). The zero-order chi connectivity index (χ0) is 11.7. The number of nitrogens with two attached hydrogens (primary N) is 1. The van der Waals surface area contributed by atoms with Crippen LogP contribution in [0, 0.1) is 5.41 Å². The summed E-state index contributed by atoms with van der Waals surface area (Å²) >= 11 is 0. The maximum atomic E-state index is 7.73. The summed E-state index contributed by atoms with van der Waals surface area (Å²) in [5, 5.41) is 7.73. The molecule has 0 aliphatic carbocycles. The van der Waals surface area contributed by atoms with Crippen molar-refractivity contribution in [1.82, 2.24) is 0 Å². The van der Waals surface area contributed by atoms with Crippen LogP contribution in [0.4, 0.5) is 5.69 Å². The van der Waals surface area contributed by atoms with Gasteiger partial charge >= 0.3 is 0 Å². The number of aliphatic imine (C=N–C) groups is 1. The maximum absolute atomic E-state index is 7.73.